The maximum Gasteiger partial charge on any atom is 0.319 e. The van der Waals surface area contributed by atoms with Gasteiger partial charge in [-0.1, -0.05) is 12.1 Å². The lowest BCUT2D eigenvalue weighted by atomic mass is 10.1. The number of carbonyl (C=O) groups excluding carboxylic acids is 1. The van der Waals surface area contributed by atoms with Crippen molar-refractivity contribution in [1.29, 1.82) is 0 Å². The zero-order valence-electron chi connectivity index (χ0n) is 13.8. The standard InChI is InChI=1S/C18H21IN2O3/c1-3-24-16-8-7-13(11-17(16)23-2)9-10-20-18(22)21-15-6-4-5-14(19)12-15/h4-8,11-12H,3,9-10H2,1-2H3,(H2,20,21,22). The van der Waals surface area contributed by atoms with Gasteiger partial charge in [-0.3, -0.25) is 0 Å². The molecule has 2 amide bonds. The number of amides is 2. The van der Waals surface area contributed by atoms with Crippen LogP contribution in [0.4, 0.5) is 10.5 Å². The first-order chi connectivity index (χ1) is 11.6. The molecule has 2 aromatic carbocycles. The molecule has 0 heterocycles. The van der Waals surface area contributed by atoms with Gasteiger partial charge in [0.05, 0.1) is 13.7 Å². The van der Waals surface area contributed by atoms with Crippen molar-refractivity contribution in [1.82, 2.24) is 5.32 Å². The van der Waals surface area contributed by atoms with Gasteiger partial charge in [-0.2, -0.15) is 0 Å². The highest BCUT2D eigenvalue weighted by molar-refractivity contribution is 14.1. The molecular formula is C18H21IN2O3. The largest absolute Gasteiger partial charge is 0.493 e. The van der Waals surface area contributed by atoms with E-state index in [9.17, 15) is 4.79 Å². The summed E-state index contributed by atoms with van der Waals surface area (Å²) in [6.45, 7) is 3.06. The second-order valence-corrected chi connectivity index (χ2v) is 6.31. The summed E-state index contributed by atoms with van der Waals surface area (Å²) in [4.78, 5) is 11.9. The van der Waals surface area contributed by atoms with Crippen molar-refractivity contribution in [2.75, 3.05) is 25.6 Å². The normalized spacial score (nSPS) is 10.1. The summed E-state index contributed by atoms with van der Waals surface area (Å²) in [5.41, 5.74) is 1.85. The topological polar surface area (TPSA) is 59.6 Å². The number of rotatable bonds is 7. The van der Waals surface area contributed by atoms with Crippen LogP contribution in [0.2, 0.25) is 0 Å². The number of ether oxygens (including phenoxy) is 2. The quantitative estimate of drug-likeness (QED) is 0.639. The van der Waals surface area contributed by atoms with Crippen LogP contribution < -0.4 is 20.1 Å². The Hall–Kier alpha value is -1.96. The van der Waals surface area contributed by atoms with E-state index in [-0.39, 0.29) is 6.03 Å². The Labute approximate surface area is 155 Å². The van der Waals surface area contributed by atoms with Crippen LogP contribution in [-0.2, 0) is 6.42 Å². The van der Waals surface area contributed by atoms with Gasteiger partial charge in [0.15, 0.2) is 11.5 Å². The Kier molecular flexibility index (Phi) is 7.17. The molecule has 0 saturated carbocycles. The summed E-state index contributed by atoms with van der Waals surface area (Å²) in [6, 6.07) is 13.2. The Bertz CT molecular complexity index is 692. The van der Waals surface area contributed by atoms with Crippen LogP contribution in [0.5, 0.6) is 11.5 Å². The highest BCUT2D eigenvalue weighted by Gasteiger charge is 2.06. The molecule has 0 aliphatic carbocycles. The van der Waals surface area contributed by atoms with Crippen molar-refractivity contribution in [3.8, 4) is 11.5 Å². The Morgan fingerprint density at radius 2 is 2.00 bits per heavy atom. The van der Waals surface area contributed by atoms with Gasteiger partial charge in [-0.15, -0.1) is 0 Å². The first-order valence-electron chi connectivity index (χ1n) is 7.72. The van der Waals surface area contributed by atoms with Crippen LogP contribution in [0, 0.1) is 3.57 Å². The lowest BCUT2D eigenvalue weighted by Gasteiger charge is -2.11. The van der Waals surface area contributed by atoms with E-state index in [1.54, 1.807) is 7.11 Å². The second-order valence-electron chi connectivity index (χ2n) is 5.06. The summed E-state index contributed by atoms with van der Waals surface area (Å²) in [6.07, 6.45) is 0.711. The molecule has 0 spiro atoms. The average molecular weight is 440 g/mol. The summed E-state index contributed by atoms with van der Waals surface area (Å²) >= 11 is 2.21. The lowest BCUT2D eigenvalue weighted by Crippen LogP contribution is -2.30. The van der Waals surface area contributed by atoms with Gasteiger partial charge in [0, 0.05) is 15.8 Å². The molecule has 0 aliphatic heterocycles. The van der Waals surface area contributed by atoms with E-state index >= 15 is 0 Å². The number of hydrogen-bond acceptors (Lipinski definition) is 3. The highest BCUT2D eigenvalue weighted by Crippen LogP contribution is 2.28. The van der Waals surface area contributed by atoms with Crippen LogP contribution in [0.1, 0.15) is 12.5 Å². The van der Waals surface area contributed by atoms with Crippen molar-refractivity contribution in [3.63, 3.8) is 0 Å². The maximum atomic E-state index is 11.9. The number of anilines is 1. The minimum Gasteiger partial charge on any atom is -0.493 e. The van der Waals surface area contributed by atoms with E-state index in [4.69, 9.17) is 9.47 Å². The second kappa shape index (κ2) is 9.36. The molecule has 0 saturated heterocycles. The minimum absolute atomic E-state index is 0.213. The van der Waals surface area contributed by atoms with E-state index in [2.05, 4.69) is 33.2 Å². The Morgan fingerprint density at radius 3 is 2.71 bits per heavy atom. The molecule has 5 nitrogen and oxygen atoms in total. The van der Waals surface area contributed by atoms with Crippen molar-refractivity contribution in [2.45, 2.75) is 13.3 Å². The third-order valence-electron chi connectivity index (χ3n) is 3.31. The third kappa shape index (κ3) is 5.59. The number of nitrogens with one attached hydrogen (secondary N) is 2. The van der Waals surface area contributed by atoms with Crippen molar-refractivity contribution >= 4 is 34.3 Å². The van der Waals surface area contributed by atoms with Crippen molar-refractivity contribution in [3.05, 3.63) is 51.6 Å². The molecule has 2 N–H and O–H groups in total. The molecule has 0 aliphatic rings. The van der Waals surface area contributed by atoms with Crippen molar-refractivity contribution in [2.24, 2.45) is 0 Å². The van der Waals surface area contributed by atoms with Gasteiger partial charge in [0.1, 0.15) is 0 Å². The molecule has 2 rings (SSSR count). The van der Waals surface area contributed by atoms with E-state index in [1.807, 2.05) is 49.4 Å². The molecule has 0 unspecified atom stereocenters. The molecule has 0 radical (unpaired) electrons. The van der Waals surface area contributed by atoms with Crippen LogP contribution in [0.3, 0.4) is 0 Å². The average Bonchev–Trinajstić information content (AvgIpc) is 2.56. The first-order valence-corrected chi connectivity index (χ1v) is 8.80. The first kappa shape index (κ1) is 18.4. The summed E-state index contributed by atoms with van der Waals surface area (Å²) in [5.74, 6) is 1.44. The van der Waals surface area contributed by atoms with Gasteiger partial charge in [-0.05, 0) is 71.8 Å². The van der Waals surface area contributed by atoms with E-state index in [0.717, 1.165) is 20.6 Å². The van der Waals surface area contributed by atoms with E-state index in [0.29, 0.717) is 25.3 Å². The molecular weight excluding hydrogens is 419 g/mol. The SMILES string of the molecule is CCOc1ccc(CCNC(=O)Nc2cccc(I)c2)cc1OC. The fourth-order valence-electron chi connectivity index (χ4n) is 2.20. The van der Waals surface area contributed by atoms with Gasteiger partial charge in [0.2, 0.25) is 0 Å². The molecule has 6 heteroatoms. The number of methoxy groups -OCH3 is 1. The zero-order valence-corrected chi connectivity index (χ0v) is 15.9. The number of hydrogen-bond donors (Lipinski definition) is 2. The van der Waals surface area contributed by atoms with E-state index in [1.165, 1.54) is 0 Å². The Morgan fingerprint density at radius 1 is 1.17 bits per heavy atom. The molecule has 0 aromatic heterocycles. The zero-order chi connectivity index (χ0) is 17.4. The van der Waals surface area contributed by atoms with Crippen molar-refractivity contribution < 1.29 is 14.3 Å². The minimum atomic E-state index is -0.213. The molecule has 0 fully saturated rings. The molecule has 2 aromatic rings. The van der Waals surface area contributed by atoms with Crippen LogP contribution in [0.25, 0.3) is 0 Å². The number of carbonyl (C=O) groups is 1. The van der Waals surface area contributed by atoms with Gasteiger partial charge >= 0.3 is 6.03 Å². The van der Waals surface area contributed by atoms with Gasteiger partial charge in [-0.25, -0.2) is 4.79 Å². The van der Waals surface area contributed by atoms with Gasteiger partial charge < -0.3 is 20.1 Å². The third-order valence-corrected chi connectivity index (χ3v) is 3.98. The monoisotopic (exact) mass is 440 g/mol. The maximum absolute atomic E-state index is 11.9. The number of benzene rings is 2. The molecule has 24 heavy (non-hydrogen) atoms. The fraction of sp³-hybridized carbons (Fsp3) is 0.278. The van der Waals surface area contributed by atoms with Crippen LogP contribution in [-0.4, -0.2) is 26.3 Å². The van der Waals surface area contributed by atoms with E-state index < -0.39 is 0 Å². The Balaban J connectivity index is 1.84. The van der Waals surface area contributed by atoms with Crippen LogP contribution in [0.15, 0.2) is 42.5 Å². The summed E-state index contributed by atoms with van der Waals surface area (Å²) < 4.78 is 11.9. The number of halogens is 1. The molecule has 0 atom stereocenters. The predicted molar refractivity (Wildman–Crippen MR) is 104 cm³/mol. The highest BCUT2D eigenvalue weighted by atomic mass is 127. The summed E-state index contributed by atoms with van der Waals surface area (Å²) in [7, 11) is 1.62. The van der Waals surface area contributed by atoms with Crippen LogP contribution >= 0.6 is 22.6 Å². The fourth-order valence-corrected chi connectivity index (χ4v) is 2.75. The van der Waals surface area contributed by atoms with Gasteiger partial charge in [0.25, 0.3) is 0 Å². The summed E-state index contributed by atoms with van der Waals surface area (Å²) in [5, 5.41) is 5.67. The lowest BCUT2D eigenvalue weighted by molar-refractivity contribution is 0.252. The predicted octanol–water partition coefficient (Wildman–Crippen LogP) is 4.06. The smallest absolute Gasteiger partial charge is 0.319 e. The molecule has 128 valence electrons. The molecule has 0 bridgehead atoms. The number of urea groups is 1.